The van der Waals surface area contributed by atoms with Crippen LogP contribution in [0.25, 0.3) is 0 Å². The Labute approximate surface area is 170 Å². The number of isothiocyanates is 1. The zero-order valence-electron chi connectivity index (χ0n) is 16.0. The van der Waals surface area contributed by atoms with E-state index >= 15 is 0 Å². The Kier molecular flexibility index (Phi) is 7.07. The SMILES string of the molecule is CCCC1CCC(c2ccc(C(=O)Oc3ccc(N=C=S)c(F)c3)cc2)CC1. The summed E-state index contributed by atoms with van der Waals surface area (Å²) in [5.41, 5.74) is 1.79. The quantitative estimate of drug-likeness (QED) is 0.231. The Morgan fingerprint density at radius 1 is 1.18 bits per heavy atom. The third-order valence-corrected chi connectivity index (χ3v) is 5.55. The smallest absolute Gasteiger partial charge is 0.343 e. The molecular formula is C23H24FNO2S. The van der Waals surface area contributed by atoms with Gasteiger partial charge in [0, 0.05) is 6.07 Å². The van der Waals surface area contributed by atoms with E-state index in [1.165, 1.54) is 56.2 Å². The van der Waals surface area contributed by atoms with E-state index in [9.17, 15) is 9.18 Å². The number of thiocarbonyl (C=S) groups is 1. The number of nitrogens with zero attached hydrogens (tertiary/aromatic N) is 1. The van der Waals surface area contributed by atoms with Crippen LogP contribution >= 0.6 is 12.2 Å². The fourth-order valence-electron chi connectivity index (χ4n) is 3.94. The molecule has 0 aromatic heterocycles. The summed E-state index contributed by atoms with van der Waals surface area (Å²) in [6.07, 6.45) is 7.60. The van der Waals surface area contributed by atoms with Crippen LogP contribution < -0.4 is 4.74 Å². The Morgan fingerprint density at radius 2 is 1.89 bits per heavy atom. The number of rotatable bonds is 6. The van der Waals surface area contributed by atoms with E-state index in [4.69, 9.17) is 4.74 Å². The standard InChI is InChI=1S/C23H24FNO2S/c1-2-3-16-4-6-17(7-5-16)18-8-10-19(11-9-18)23(26)27-20-12-13-22(25-15-28)21(24)14-20/h8-14,16-17H,2-7H2,1H3. The van der Waals surface area contributed by atoms with Crippen LogP contribution in [0.15, 0.2) is 47.5 Å². The molecule has 0 atom stereocenters. The second kappa shape index (κ2) is 9.72. The molecule has 28 heavy (non-hydrogen) atoms. The number of aliphatic imine (C=N–C) groups is 1. The highest BCUT2D eigenvalue weighted by Gasteiger charge is 2.22. The molecule has 146 valence electrons. The van der Waals surface area contributed by atoms with E-state index < -0.39 is 11.8 Å². The van der Waals surface area contributed by atoms with E-state index in [1.807, 2.05) is 12.1 Å². The summed E-state index contributed by atoms with van der Waals surface area (Å²) in [5, 5.41) is 2.11. The monoisotopic (exact) mass is 397 g/mol. The lowest BCUT2D eigenvalue weighted by molar-refractivity contribution is 0.0734. The highest BCUT2D eigenvalue weighted by molar-refractivity contribution is 7.78. The van der Waals surface area contributed by atoms with Crippen molar-refractivity contribution in [1.82, 2.24) is 0 Å². The van der Waals surface area contributed by atoms with Gasteiger partial charge in [0.15, 0.2) is 5.82 Å². The number of benzene rings is 2. The van der Waals surface area contributed by atoms with Crippen LogP contribution in [0.1, 0.15) is 67.3 Å². The predicted molar refractivity (Wildman–Crippen MR) is 112 cm³/mol. The molecule has 1 aliphatic carbocycles. The maximum absolute atomic E-state index is 13.9. The van der Waals surface area contributed by atoms with Crippen molar-refractivity contribution < 1.29 is 13.9 Å². The number of carbonyl (C=O) groups excluding carboxylic acids is 1. The predicted octanol–water partition coefficient (Wildman–Crippen LogP) is 6.85. The zero-order valence-corrected chi connectivity index (χ0v) is 16.8. The molecular weight excluding hydrogens is 373 g/mol. The highest BCUT2D eigenvalue weighted by Crippen LogP contribution is 2.37. The number of halogens is 1. The normalized spacial score (nSPS) is 18.9. The van der Waals surface area contributed by atoms with Crippen LogP contribution in [-0.2, 0) is 0 Å². The van der Waals surface area contributed by atoms with Gasteiger partial charge in [0.2, 0.25) is 0 Å². The van der Waals surface area contributed by atoms with Crippen LogP contribution in [-0.4, -0.2) is 11.1 Å². The largest absolute Gasteiger partial charge is 0.423 e. The molecule has 2 aromatic carbocycles. The second-order valence-electron chi connectivity index (χ2n) is 7.33. The molecule has 3 nitrogen and oxygen atoms in total. The van der Waals surface area contributed by atoms with Crippen LogP contribution in [0, 0.1) is 11.7 Å². The van der Waals surface area contributed by atoms with Crippen LogP contribution in [0.5, 0.6) is 5.75 Å². The average molecular weight is 398 g/mol. The fraction of sp³-hybridized carbons (Fsp3) is 0.391. The van der Waals surface area contributed by atoms with Crippen molar-refractivity contribution in [2.24, 2.45) is 10.9 Å². The van der Waals surface area contributed by atoms with E-state index in [1.54, 1.807) is 12.1 Å². The second-order valence-corrected chi connectivity index (χ2v) is 7.52. The minimum Gasteiger partial charge on any atom is -0.423 e. The average Bonchev–Trinajstić information content (AvgIpc) is 2.71. The van der Waals surface area contributed by atoms with E-state index in [2.05, 4.69) is 29.3 Å². The van der Waals surface area contributed by atoms with E-state index in [0.29, 0.717) is 11.5 Å². The minimum atomic E-state index is -0.614. The molecule has 1 fully saturated rings. The summed E-state index contributed by atoms with van der Waals surface area (Å²) in [7, 11) is 0. The van der Waals surface area contributed by atoms with Gasteiger partial charge in [0.1, 0.15) is 11.4 Å². The van der Waals surface area contributed by atoms with Gasteiger partial charge in [-0.1, -0.05) is 31.9 Å². The van der Waals surface area contributed by atoms with E-state index in [0.717, 1.165) is 12.0 Å². The van der Waals surface area contributed by atoms with Gasteiger partial charge in [-0.2, -0.15) is 4.99 Å². The zero-order chi connectivity index (χ0) is 19.9. The van der Waals surface area contributed by atoms with E-state index in [-0.39, 0.29) is 11.4 Å². The molecule has 1 aliphatic rings. The van der Waals surface area contributed by atoms with Gasteiger partial charge in [0.25, 0.3) is 0 Å². The molecule has 0 radical (unpaired) electrons. The lowest BCUT2D eigenvalue weighted by atomic mass is 9.77. The Morgan fingerprint density at radius 3 is 2.50 bits per heavy atom. The highest BCUT2D eigenvalue weighted by atomic mass is 32.1. The summed E-state index contributed by atoms with van der Waals surface area (Å²) in [4.78, 5) is 15.9. The molecule has 1 saturated carbocycles. The fourth-order valence-corrected chi connectivity index (χ4v) is 4.04. The van der Waals surface area contributed by atoms with Gasteiger partial charge >= 0.3 is 5.97 Å². The lowest BCUT2D eigenvalue weighted by Gasteiger charge is -2.28. The van der Waals surface area contributed by atoms with Gasteiger partial charge < -0.3 is 4.74 Å². The van der Waals surface area contributed by atoms with Gasteiger partial charge in [-0.25, -0.2) is 9.18 Å². The molecule has 0 spiro atoms. The van der Waals surface area contributed by atoms with Crippen molar-refractivity contribution in [3.05, 3.63) is 59.4 Å². The lowest BCUT2D eigenvalue weighted by Crippen LogP contribution is -2.13. The Balaban J connectivity index is 1.61. The summed E-state index contributed by atoms with van der Waals surface area (Å²) in [5.74, 6) is 0.447. The Bertz CT molecular complexity index is 867. The van der Waals surface area contributed by atoms with Crippen molar-refractivity contribution in [1.29, 1.82) is 0 Å². The maximum Gasteiger partial charge on any atom is 0.343 e. The van der Waals surface area contributed by atoms with Gasteiger partial charge in [-0.15, -0.1) is 0 Å². The molecule has 0 saturated heterocycles. The molecule has 0 unspecified atom stereocenters. The number of carbonyl (C=O) groups is 1. The van der Waals surface area contributed by atoms with Crippen LogP contribution in [0.2, 0.25) is 0 Å². The first kappa shape index (κ1) is 20.4. The van der Waals surface area contributed by atoms with Gasteiger partial charge in [-0.3, -0.25) is 0 Å². The molecule has 0 bridgehead atoms. The van der Waals surface area contributed by atoms with Crippen molar-refractivity contribution in [3.63, 3.8) is 0 Å². The van der Waals surface area contributed by atoms with Crippen molar-refractivity contribution in [3.8, 4) is 5.75 Å². The van der Waals surface area contributed by atoms with Crippen molar-refractivity contribution >= 4 is 29.0 Å². The van der Waals surface area contributed by atoms with Gasteiger partial charge in [0.05, 0.1) is 10.7 Å². The topological polar surface area (TPSA) is 38.7 Å². The maximum atomic E-state index is 13.9. The summed E-state index contributed by atoms with van der Waals surface area (Å²) in [6, 6.07) is 11.6. The van der Waals surface area contributed by atoms with Gasteiger partial charge in [-0.05, 0) is 79.6 Å². The third-order valence-electron chi connectivity index (χ3n) is 5.46. The molecule has 0 amide bonds. The first-order chi connectivity index (χ1) is 13.6. The summed E-state index contributed by atoms with van der Waals surface area (Å²) < 4.78 is 19.1. The third kappa shape index (κ3) is 5.12. The number of hydrogen-bond acceptors (Lipinski definition) is 4. The van der Waals surface area contributed by atoms with Crippen molar-refractivity contribution in [2.45, 2.75) is 51.4 Å². The Hall–Kier alpha value is -2.36. The molecule has 5 heteroatoms. The first-order valence-electron chi connectivity index (χ1n) is 9.80. The molecule has 0 heterocycles. The minimum absolute atomic E-state index is 0.0628. The number of ether oxygens (including phenoxy) is 1. The van der Waals surface area contributed by atoms with Crippen LogP contribution in [0.3, 0.4) is 0 Å². The molecule has 0 aliphatic heterocycles. The summed E-state index contributed by atoms with van der Waals surface area (Å²) in [6.45, 7) is 2.25. The number of esters is 1. The van der Waals surface area contributed by atoms with Crippen molar-refractivity contribution in [2.75, 3.05) is 0 Å². The molecule has 3 rings (SSSR count). The summed E-state index contributed by atoms with van der Waals surface area (Å²) >= 11 is 4.47. The first-order valence-corrected chi connectivity index (χ1v) is 10.2. The number of hydrogen-bond donors (Lipinski definition) is 0. The molecule has 2 aromatic rings. The van der Waals surface area contributed by atoms with Crippen LogP contribution in [0.4, 0.5) is 10.1 Å². The molecule has 0 N–H and O–H groups in total.